The predicted octanol–water partition coefficient (Wildman–Crippen LogP) is 1.98. The van der Waals surface area contributed by atoms with E-state index in [4.69, 9.17) is 5.73 Å². The van der Waals surface area contributed by atoms with Crippen LogP contribution in [0, 0.1) is 0 Å². The summed E-state index contributed by atoms with van der Waals surface area (Å²) in [5, 5.41) is 0. The molecule has 1 aromatic heterocycles. The molecule has 0 spiro atoms. The number of rotatable bonds is 2. The van der Waals surface area contributed by atoms with Crippen LogP contribution in [-0.4, -0.2) is 9.97 Å². The van der Waals surface area contributed by atoms with E-state index in [1.165, 1.54) is 20.2 Å². The molecule has 6 heteroatoms. The van der Waals surface area contributed by atoms with Gasteiger partial charge in [0.05, 0.1) is 5.69 Å². The van der Waals surface area contributed by atoms with Crippen molar-refractivity contribution in [2.45, 2.75) is 26.1 Å². The maximum absolute atomic E-state index is 13.4. The van der Waals surface area contributed by atoms with Gasteiger partial charge >= 0.3 is 0 Å². The highest BCUT2D eigenvalue weighted by atomic mass is 35.5. The van der Waals surface area contributed by atoms with Crippen molar-refractivity contribution in [1.82, 2.24) is 9.97 Å². The second kappa shape index (κ2) is 6.11. The van der Waals surface area contributed by atoms with E-state index in [0.29, 0.717) is 11.3 Å². The van der Waals surface area contributed by atoms with Crippen LogP contribution in [0.1, 0.15) is 25.1 Å². The summed E-state index contributed by atoms with van der Waals surface area (Å²) in [6, 6.07) is 0. The van der Waals surface area contributed by atoms with Gasteiger partial charge in [0.2, 0.25) is 0 Å². The minimum absolute atomic E-state index is 0. The van der Waals surface area contributed by atoms with Crippen LogP contribution in [0.25, 0.3) is 0 Å². The summed E-state index contributed by atoms with van der Waals surface area (Å²) in [6.07, 6.45) is 2.87. The van der Waals surface area contributed by atoms with E-state index in [1.54, 1.807) is 6.20 Å². The molecule has 1 heterocycles. The Hall–Kier alpha value is -0.450. The molecule has 0 saturated carbocycles. The highest BCUT2D eigenvalue weighted by molar-refractivity contribution is 5.85. The van der Waals surface area contributed by atoms with E-state index in [2.05, 4.69) is 9.97 Å². The summed E-state index contributed by atoms with van der Waals surface area (Å²) in [4.78, 5) is 7.63. The molecule has 1 rings (SSSR count). The average Bonchev–Trinajstić information content (AvgIpc) is 2.03. The molecular formula is C8H14Cl2FN3. The van der Waals surface area contributed by atoms with Gasteiger partial charge in [0, 0.05) is 18.3 Å². The van der Waals surface area contributed by atoms with Crippen molar-refractivity contribution < 1.29 is 4.39 Å². The van der Waals surface area contributed by atoms with E-state index >= 15 is 0 Å². The summed E-state index contributed by atoms with van der Waals surface area (Å²) in [5.74, 6) is 0. The second-order valence-corrected chi connectivity index (χ2v) is 3.07. The number of halogens is 3. The molecule has 1 aromatic rings. The Morgan fingerprint density at radius 3 is 2.36 bits per heavy atom. The Morgan fingerprint density at radius 1 is 1.43 bits per heavy atom. The highest BCUT2D eigenvalue weighted by Gasteiger charge is 2.23. The van der Waals surface area contributed by atoms with Gasteiger partial charge in [-0.05, 0) is 13.8 Å². The SMILES string of the molecule is CC(C)(F)c1ncncc1CN.Cl.Cl. The minimum Gasteiger partial charge on any atom is -0.326 e. The number of nitrogens with two attached hydrogens (primary N) is 1. The molecule has 0 amide bonds. The van der Waals surface area contributed by atoms with Gasteiger partial charge in [-0.25, -0.2) is 14.4 Å². The molecule has 82 valence electrons. The quantitative estimate of drug-likeness (QED) is 0.862. The van der Waals surface area contributed by atoms with Gasteiger partial charge in [0.25, 0.3) is 0 Å². The topological polar surface area (TPSA) is 51.8 Å². The lowest BCUT2D eigenvalue weighted by molar-refractivity contribution is 0.212. The van der Waals surface area contributed by atoms with Gasteiger partial charge < -0.3 is 5.73 Å². The molecule has 14 heavy (non-hydrogen) atoms. The first-order valence-electron chi connectivity index (χ1n) is 3.74. The highest BCUT2D eigenvalue weighted by Crippen LogP contribution is 2.24. The Morgan fingerprint density at radius 2 is 2.00 bits per heavy atom. The van der Waals surface area contributed by atoms with Crippen molar-refractivity contribution in [3.05, 3.63) is 23.8 Å². The Kier molecular flexibility index (Phi) is 6.98. The maximum atomic E-state index is 13.4. The van der Waals surface area contributed by atoms with Crippen molar-refractivity contribution in [2.75, 3.05) is 0 Å². The average molecular weight is 242 g/mol. The monoisotopic (exact) mass is 241 g/mol. The van der Waals surface area contributed by atoms with E-state index in [9.17, 15) is 4.39 Å². The Labute approximate surface area is 95.1 Å². The molecule has 2 N–H and O–H groups in total. The lowest BCUT2D eigenvalue weighted by Gasteiger charge is -2.15. The Balaban J connectivity index is 0. The maximum Gasteiger partial charge on any atom is 0.147 e. The fraction of sp³-hybridized carbons (Fsp3) is 0.500. The van der Waals surface area contributed by atoms with Crippen molar-refractivity contribution in [1.29, 1.82) is 0 Å². The Bertz CT molecular complexity index is 276. The van der Waals surface area contributed by atoms with Crippen LogP contribution in [0.2, 0.25) is 0 Å². The third-order valence-electron chi connectivity index (χ3n) is 1.57. The third-order valence-corrected chi connectivity index (χ3v) is 1.57. The minimum atomic E-state index is -1.45. The first kappa shape index (κ1) is 16.0. The number of alkyl halides is 1. The molecule has 3 nitrogen and oxygen atoms in total. The number of hydrogen-bond acceptors (Lipinski definition) is 3. The smallest absolute Gasteiger partial charge is 0.147 e. The van der Waals surface area contributed by atoms with Gasteiger partial charge in [-0.15, -0.1) is 24.8 Å². The summed E-state index contributed by atoms with van der Waals surface area (Å²) < 4.78 is 13.4. The van der Waals surface area contributed by atoms with Crippen LogP contribution in [-0.2, 0) is 12.2 Å². The van der Waals surface area contributed by atoms with Crippen LogP contribution in [0.4, 0.5) is 4.39 Å². The first-order chi connectivity index (χ1) is 5.55. The zero-order chi connectivity index (χ0) is 9.19. The lowest BCUT2D eigenvalue weighted by atomic mass is 10.0. The van der Waals surface area contributed by atoms with Gasteiger partial charge in [-0.3, -0.25) is 0 Å². The van der Waals surface area contributed by atoms with Crippen LogP contribution >= 0.6 is 24.8 Å². The normalized spacial score (nSPS) is 10.0. The molecule has 0 aliphatic rings. The number of aromatic nitrogens is 2. The van der Waals surface area contributed by atoms with Gasteiger partial charge in [0.1, 0.15) is 12.0 Å². The van der Waals surface area contributed by atoms with Crippen molar-refractivity contribution in [2.24, 2.45) is 5.73 Å². The molecule has 0 fully saturated rings. The van der Waals surface area contributed by atoms with Crippen LogP contribution in [0.15, 0.2) is 12.5 Å². The summed E-state index contributed by atoms with van der Waals surface area (Å²) in [7, 11) is 0. The van der Waals surface area contributed by atoms with E-state index in [1.807, 2.05) is 0 Å². The number of hydrogen-bond donors (Lipinski definition) is 1. The molecule has 0 saturated heterocycles. The van der Waals surface area contributed by atoms with Crippen LogP contribution < -0.4 is 5.73 Å². The molecule has 0 atom stereocenters. The van der Waals surface area contributed by atoms with E-state index < -0.39 is 5.67 Å². The standard InChI is InChI=1S/C8H12FN3.2ClH/c1-8(2,9)7-6(3-10)4-11-5-12-7;;/h4-5H,3,10H2,1-2H3;2*1H. The largest absolute Gasteiger partial charge is 0.326 e. The molecule has 0 bridgehead atoms. The van der Waals surface area contributed by atoms with Crippen molar-refractivity contribution >= 4 is 24.8 Å². The van der Waals surface area contributed by atoms with Gasteiger partial charge in [-0.1, -0.05) is 0 Å². The molecule has 0 unspecified atom stereocenters. The zero-order valence-corrected chi connectivity index (χ0v) is 9.66. The fourth-order valence-corrected chi connectivity index (χ4v) is 1.04. The van der Waals surface area contributed by atoms with E-state index in [0.717, 1.165) is 0 Å². The zero-order valence-electron chi connectivity index (χ0n) is 8.03. The molecule has 0 radical (unpaired) electrons. The van der Waals surface area contributed by atoms with Crippen LogP contribution in [0.5, 0.6) is 0 Å². The predicted molar refractivity (Wildman–Crippen MR) is 58.6 cm³/mol. The second-order valence-electron chi connectivity index (χ2n) is 3.07. The van der Waals surface area contributed by atoms with Crippen molar-refractivity contribution in [3.8, 4) is 0 Å². The summed E-state index contributed by atoms with van der Waals surface area (Å²) in [5.41, 5.74) is 4.99. The van der Waals surface area contributed by atoms with Crippen molar-refractivity contribution in [3.63, 3.8) is 0 Å². The third kappa shape index (κ3) is 3.74. The molecule has 0 aliphatic heterocycles. The van der Waals surface area contributed by atoms with Crippen LogP contribution in [0.3, 0.4) is 0 Å². The summed E-state index contributed by atoms with van der Waals surface area (Å²) in [6.45, 7) is 3.17. The van der Waals surface area contributed by atoms with Gasteiger partial charge in [-0.2, -0.15) is 0 Å². The van der Waals surface area contributed by atoms with E-state index in [-0.39, 0.29) is 31.4 Å². The molecular weight excluding hydrogens is 228 g/mol. The summed E-state index contributed by atoms with van der Waals surface area (Å²) >= 11 is 0. The molecule has 0 aliphatic carbocycles. The number of nitrogens with zero attached hydrogens (tertiary/aromatic N) is 2. The fourth-order valence-electron chi connectivity index (χ4n) is 1.04. The first-order valence-corrected chi connectivity index (χ1v) is 3.74. The molecule has 0 aromatic carbocycles. The van der Waals surface area contributed by atoms with Gasteiger partial charge in [0.15, 0.2) is 0 Å². The lowest BCUT2D eigenvalue weighted by Crippen LogP contribution is -2.17.